The molecule has 0 aliphatic carbocycles. The Kier molecular flexibility index (Phi) is 5.02. The molecular formula is C10H13ClN2O3S. The standard InChI is InChI=1S/C10H13ClN2O3S/c1-6-9(17-7(2)11)12-5-13(10(6)15)4-8(14)16-3/h5,7H,4H2,1-3H3. The lowest BCUT2D eigenvalue weighted by molar-refractivity contribution is -0.141. The van der Waals surface area contributed by atoms with Gasteiger partial charge in [0, 0.05) is 5.56 Å². The Hall–Kier alpha value is -1.01. The molecule has 0 amide bonds. The summed E-state index contributed by atoms with van der Waals surface area (Å²) in [5.41, 5.74) is 0.221. The van der Waals surface area contributed by atoms with Gasteiger partial charge in [-0.15, -0.1) is 11.6 Å². The van der Waals surface area contributed by atoms with Gasteiger partial charge in [0.2, 0.25) is 0 Å². The largest absolute Gasteiger partial charge is 0.468 e. The first-order valence-electron chi connectivity index (χ1n) is 4.89. The van der Waals surface area contributed by atoms with Gasteiger partial charge in [-0.25, -0.2) is 4.98 Å². The second-order valence-corrected chi connectivity index (χ2v) is 5.59. The number of esters is 1. The van der Waals surface area contributed by atoms with Gasteiger partial charge in [-0.3, -0.25) is 14.2 Å². The number of alkyl halides is 1. The summed E-state index contributed by atoms with van der Waals surface area (Å²) < 4.78 is 5.53. The maximum absolute atomic E-state index is 11.9. The lowest BCUT2D eigenvalue weighted by Crippen LogP contribution is -2.27. The quantitative estimate of drug-likeness (QED) is 0.360. The van der Waals surface area contributed by atoms with Crippen LogP contribution in [0.15, 0.2) is 16.1 Å². The molecule has 0 spiro atoms. The number of carbonyl (C=O) groups is 1. The molecule has 17 heavy (non-hydrogen) atoms. The highest BCUT2D eigenvalue weighted by Gasteiger charge is 2.12. The van der Waals surface area contributed by atoms with Gasteiger partial charge < -0.3 is 4.74 Å². The molecule has 1 rings (SSSR count). The van der Waals surface area contributed by atoms with Crippen molar-refractivity contribution in [3.8, 4) is 0 Å². The fraction of sp³-hybridized carbons (Fsp3) is 0.500. The third kappa shape index (κ3) is 3.74. The minimum absolute atomic E-state index is 0.134. The number of thioether (sulfide) groups is 1. The fourth-order valence-corrected chi connectivity index (χ4v) is 2.10. The third-order valence-corrected chi connectivity index (χ3v) is 3.24. The van der Waals surface area contributed by atoms with Crippen LogP contribution in [0.25, 0.3) is 0 Å². The van der Waals surface area contributed by atoms with Gasteiger partial charge in [0.05, 0.1) is 18.1 Å². The van der Waals surface area contributed by atoms with Crippen LogP contribution < -0.4 is 5.56 Å². The van der Waals surface area contributed by atoms with E-state index in [1.54, 1.807) is 13.8 Å². The number of hydrogen-bond donors (Lipinski definition) is 0. The summed E-state index contributed by atoms with van der Waals surface area (Å²) >= 11 is 7.12. The van der Waals surface area contributed by atoms with Crippen LogP contribution in [-0.2, 0) is 16.1 Å². The van der Waals surface area contributed by atoms with E-state index in [1.807, 2.05) is 0 Å². The molecule has 1 aromatic heterocycles. The molecule has 94 valence electrons. The first-order valence-corrected chi connectivity index (χ1v) is 6.21. The predicted molar refractivity (Wildman–Crippen MR) is 66.4 cm³/mol. The Morgan fingerprint density at radius 3 is 2.88 bits per heavy atom. The Morgan fingerprint density at radius 1 is 1.71 bits per heavy atom. The summed E-state index contributed by atoms with van der Waals surface area (Å²) in [5.74, 6) is -0.487. The van der Waals surface area contributed by atoms with E-state index in [1.165, 1.54) is 29.8 Å². The van der Waals surface area contributed by atoms with Crippen molar-refractivity contribution in [2.45, 2.75) is 30.1 Å². The van der Waals surface area contributed by atoms with Crippen LogP contribution >= 0.6 is 23.4 Å². The topological polar surface area (TPSA) is 61.2 Å². The van der Waals surface area contributed by atoms with Gasteiger partial charge in [0.25, 0.3) is 5.56 Å². The first kappa shape index (κ1) is 14.1. The number of aromatic nitrogens is 2. The molecule has 0 N–H and O–H groups in total. The fourth-order valence-electron chi connectivity index (χ4n) is 1.17. The Bertz CT molecular complexity index is 473. The molecule has 0 bridgehead atoms. The number of ether oxygens (including phenoxy) is 1. The highest BCUT2D eigenvalue weighted by atomic mass is 35.5. The van der Waals surface area contributed by atoms with Crippen molar-refractivity contribution >= 4 is 29.3 Å². The predicted octanol–water partition coefficient (Wildman–Crippen LogP) is 1.40. The molecule has 1 heterocycles. The number of rotatable bonds is 4. The molecule has 1 aromatic rings. The van der Waals surface area contributed by atoms with Gasteiger partial charge in [0.15, 0.2) is 0 Å². The number of methoxy groups -OCH3 is 1. The Morgan fingerprint density at radius 2 is 2.35 bits per heavy atom. The normalized spacial score (nSPS) is 12.2. The van der Waals surface area contributed by atoms with E-state index < -0.39 is 5.97 Å². The van der Waals surface area contributed by atoms with Crippen LogP contribution in [-0.4, -0.2) is 27.3 Å². The summed E-state index contributed by atoms with van der Waals surface area (Å²) in [4.78, 5) is 27.1. The summed E-state index contributed by atoms with van der Waals surface area (Å²) in [7, 11) is 1.27. The van der Waals surface area contributed by atoms with Crippen LogP contribution in [0.3, 0.4) is 0 Å². The van der Waals surface area contributed by atoms with Crippen molar-refractivity contribution in [2.24, 2.45) is 0 Å². The highest BCUT2D eigenvalue weighted by molar-refractivity contribution is 8.01. The zero-order valence-corrected chi connectivity index (χ0v) is 11.3. The lowest BCUT2D eigenvalue weighted by atomic mass is 10.4. The van der Waals surface area contributed by atoms with E-state index >= 15 is 0 Å². The van der Waals surface area contributed by atoms with Crippen LogP contribution in [0, 0.1) is 6.92 Å². The van der Waals surface area contributed by atoms with Gasteiger partial charge in [-0.1, -0.05) is 11.8 Å². The second kappa shape index (κ2) is 6.07. The Labute approximate surface area is 108 Å². The maximum Gasteiger partial charge on any atom is 0.325 e. The third-order valence-electron chi connectivity index (χ3n) is 2.02. The number of carbonyl (C=O) groups excluding carboxylic acids is 1. The van der Waals surface area contributed by atoms with Crippen LogP contribution in [0.5, 0.6) is 0 Å². The van der Waals surface area contributed by atoms with Gasteiger partial charge >= 0.3 is 5.97 Å². The van der Waals surface area contributed by atoms with Crippen molar-refractivity contribution in [3.05, 3.63) is 22.2 Å². The number of nitrogens with zero attached hydrogens (tertiary/aromatic N) is 2. The number of hydrogen-bond acceptors (Lipinski definition) is 5. The molecule has 0 fully saturated rings. The number of halogens is 1. The van der Waals surface area contributed by atoms with Gasteiger partial charge in [0.1, 0.15) is 11.6 Å². The second-order valence-electron chi connectivity index (χ2n) is 3.34. The summed E-state index contributed by atoms with van der Waals surface area (Å²) in [6.45, 7) is 3.32. The molecule has 5 nitrogen and oxygen atoms in total. The summed E-state index contributed by atoms with van der Waals surface area (Å²) in [6.07, 6.45) is 1.33. The monoisotopic (exact) mass is 276 g/mol. The van der Waals surface area contributed by atoms with E-state index in [9.17, 15) is 9.59 Å². The van der Waals surface area contributed by atoms with Crippen molar-refractivity contribution < 1.29 is 9.53 Å². The average Bonchev–Trinajstić information content (AvgIpc) is 2.28. The van der Waals surface area contributed by atoms with E-state index in [0.717, 1.165) is 0 Å². The van der Waals surface area contributed by atoms with Crippen LogP contribution in [0.2, 0.25) is 0 Å². The molecule has 0 saturated carbocycles. The smallest absolute Gasteiger partial charge is 0.325 e. The van der Waals surface area contributed by atoms with E-state index in [4.69, 9.17) is 11.6 Å². The zero-order chi connectivity index (χ0) is 13.0. The van der Waals surface area contributed by atoms with Gasteiger partial charge in [-0.2, -0.15) is 0 Å². The Balaban J connectivity index is 3.02. The maximum atomic E-state index is 11.9. The average molecular weight is 277 g/mol. The molecule has 0 aliphatic rings. The minimum Gasteiger partial charge on any atom is -0.468 e. The van der Waals surface area contributed by atoms with Crippen molar-refractivity contribution in [2.75, 3.05) is 7.11 Å². The molecule has 1 atom stereocenters. The van der Waals surface area contributed by atoms with E-state index in [0.29, 0.717) is 10.6 Å². The van der Waals surface area contributed by atoms with Crippen LogP contribution in [0.4, 0.5) is 0 Å². The highest BCUT2D eigenvalue weighted by Crippen LogP contribution is 2.24. The van der Waals surface area contributed by atoms with E-state index in [2.05, 4.69) is 9.72 Å². The van der Waals surface area contributed by atoms with Crippen LogP contribution in [0.1, 0.15) is 12.5 Å². The molecule has 1 unspecified atom stereocenters. The molecule has 0 aromatic carbocycles. The first-order chi connectivity index (χ1) is 7.95. The summed E-state index contributed by atoms with van der Waals surface area (Å²) in [6, 6.07) is 0. The zero-order valence-electron chi connectivity index (χ0n) is 9.77. The van der Waals surface area contributed by atoms with E-state index in [-0.39, 0.29) is 16.8 Å². The minimum atomic E-state index is -0.487. The molecular weight excluding hydrogens is 264 g/mol. The molecule has 0 radical (unpaired) electrons. The SMILES string of the molecule is COC(=O)Cn1cnc(SC(C)Cl)c(C)c1=O. The van der Waals surface area contributed by atoms with Crippen molar-refractivity contribution in [1.29, 1.82) is 0 Å². The molecule has 0 saturated heterocycles. The van der Waals surface area contributed by atoms with Crippen molar-refractivity contribution in [1.82, 2.24) is 9.55 Å². The summed E-state index contributed by atoms with van der Waals surface area (Å²) in [5, 5.41) is 0.582. The van der Waals surface area contributed by atoms with Gasteiger partial charge in [-0.05, 0) is 13.8 Å². The van der Waals surface area contributed by atoms with Crippen molar-refractivity contribution in [3.63, 3.8) is 0 Å². The molecule has 7 heteroatoms. The molecule has 0 aliphatic heterocycles. The lowest BCUT2D eigenvalue weighted by Gasteiger charge is -2.08.